The Morgan fingerprint density at radius 2 is 1.60 bits per heavy atom. The standard InChI is InChI=1S/C18H13F2N3OS/c19-18(20)25-15-8-6-14(7-9-15)23-17(24)13-10-21-16(22-11-13)12-4-2-1-3-5-12/h1-11,18H,(H,23,24). The minimum atomic E-state index is -2.47. The van der Waals surface area contributed by atoms with Gasteiger partial charge in [0.2, 0.25) is 0 Å². The second-order valence-corrected chi connectivity index (χ2v) is 6.08. The molecule has 3 aromatic rings. The molecular formula is C18H13F2N3OS. The molecule has 0 aliphatic heterocycles. The van der Waals surface area contributed by atoms with Crippen LogP contribution in [0.1, 0.15) is 10.4 Å². The summed E-state index contributed by atoms with van der Waals surface area (Å²) in [6, 6.07) is 15.6. The van der Waals surface area contributed by atoms with Crippen LogP contribution in [0.25, 0.3) is 11.4 Å². The molecule has 7 heteroatoms. The Kier molecular flexibility index (Phi) is 5.35. The van der Waals surface area contributed by atoms with Crippen molar-refractivity contribution >= 4 is 23.4 Å². The van der Waals surface area contributed by atoms with Gasteiger partial charge in [-0.3, -0.25) is 4.79 Å². The number of nitrogens with one attached hydrogen (secondary N) is 1. The maximum absolute atomic E-state index is 12.3. The Morgan fingerprint density at radius 3 is 2.20 bits per heavy atom. The van der Waals surface area contributed by atoms with Gasteiger partial charge in [-0.2, -0.15) is 8.78 Å². The zero-order valence-electron chi connectivity index (χ0n) is 12.9. The highest BCUT2D eigenvalue weighted by Gasteiger charge is 2.09. The summed E-state index contributed by atoms with van der Waals surface area (Å²) in [5.74, 6) is -2.31. The fourth-order valence-corrected chi connectivity index (χ4v) is 2.60. The van der Waals surface area contributed by atoms with Crippen molar-refractivity contribution in [3.63, 3.8) is 0 Å². The van der Waals surface area contributed by atoms with Gasteiger partial charge in [0.1, 0.15) is 0 Å². The lowest BCUT2D eigenvalue weighted by Crippen LogP contribution is -2.12. The number of nitrogens with zero attached hydrogens (tertiary/aromatic N) is 2. The number of aromatic nitrogens is 2. The Balaban J connectivity index is 1.67. The average molecular weight is 357 g/mol. The second kappa shape index (κ2) is 7.85. The molecule has 0 fully saturated rings. The van der Waals surface area contributed by atoms with Crippen LogP contribution in [0.5, 0.6) is 0 Å². The molecule has 0 aliphatic carbocycles. The summed E-state index contributed by atoms with van der Waals surface area (Å²) in [5.41, 5.74) is 1.68. The number of anilines is 1. The molecule has 2 aromatic carbocycles. The Morgan fingerprint density at radius 1 is 0.960 bits per heavy atom. The van der Waals surface area contributed by atoms with Gasteiger partial charge in [0, 0.05) is 28.5 Å². The average Bonchev–Trinajstić information content (AvgIpc) is 2.64. The van der Waals surface area contributed by atoms with Crippen LogP contribution < -0.4 is 5.32 Å². The van der Waals surface area contributed by atoms with E-state index in [0.29, 0.717) is 33.7 Å². The highest BCUT2D eigenvalue weighted by atomic mass is 32.2. The van der Waals surface area contributed by atoms with Gasteiger partial charge >= 0.3 is 0 Å². The van der Waals surface area contributed by atoms with Crippen LogP contribution in [0.3, 0.4) is 0 Å². The van der Waals surface area contributed by atoms with Crippen LogP contribution in [0, 0.1) is 0 Å². The second-order valence-electron chi connectivity index (χ2n) is 5.02. The van der Waals surface area contributed by atoms with Gasteiger partial charge in [0.25, 0.3) is 11.7 Å². The third kappa shape index (κ3) is 4.60. The van der Waals surface area contributed by atoms with Gasteiger partial charge in [-0.1, -0.05) is 42.1 Å². The van der Waals surface area contributed by atoms with Gasteiger partial charge in [0.05, 0.1) is 5.56 Å². The van der Waals surface area contributed by atoms with Crippen LogP contribution in [0.4, 0.5) is 14.5 Å². The van der Waals surface area contributed by atoms with Crippen molar-refractivity contribution in [3.8, 4) is 11.4 Å². The molecule has 0 bridgehead atoms. The molecule has 0 aliphatic rings. The maximum atomic E-state index is 12.3. The van der Waals surface area contributed by atoms with E-state index in [1.165, 1.54) is 24.5 Å². The van der Waals surface area contributed by atoms with Crippen molar-refractivity contribution < 1.29 is 13.6 Å². The van der Waals surface area contributed by atoms with Crippen molar-refractivity contribution in [2.45, 2.75) is 10.7 Å². The summed E-state index contributed by atoms with van der Waals surface area (Å²) in [6.45, 7) is 0. The third-order valence-corrected chi connectivity index (χ3v) is 4.01. The summed E-state index contributed by atoms with van der Waals surface area (Å²) < 4.78 is 24.6. The van der Waals surface area contributed by atoms with Crippen molar-refractivity contribution in [2.24, 2.45) is 0 Å². The van der Waals surface area contributed by atoms with E-state index in [2.05, 4.69) is 15.3 Å². The van der Waals surface area contributed by atoms with Gasteiger partial charge in [0.15, 0.2) is 5.82 Å². The maximum Gasteiger partial charge on any atom is 0.288 e. The van der Waals surface area contributed by atoms with Crippen molar-refractivity contribution in [3.05, 3.63) is 72.6 Å². The van der Waals surface area contributed by atoms with Crippen LogP contribution >= 0.6 is 11.8 Å². The summed E-state index contributed by atoms with van der Waals surface area (Å²) >= 11 is 0.456. The number of carbonyl (C=O) groups is 1. The lowest BCUT2D eigenvalue weighted by molar-refractivity contribution is 0.102. The van der Waals surface area contributed by atoms with Gasteiger partial charge in [-0.25, -0.2) is 9.97 Å². The molecular weight excluding hydrogens is 344 g/mol. The lowest BCUT2D eigenvalue weighted by Gasteiger charge is -2.07. The Bertz CT molecular complexity index is 840. The smallest absolute Gasteiger partial charge is 0.288 e. The molecule has 1 amide bonds. The van der Waals surface area contributed by atoms with E-state index < -0.39 is 5.76 Å². The number of amides is 1. The van der Waals surface area contributed by atoms with Crippen LogP contribution in [-0.4, -0.2) is 21.6 Å². The molecule has 1 N–H and O–H groups in total. The summed E-state index contributed by atoms with van der Waals surface area (Å²) in [5, 5.41) is 2.68. The van der Waals surface area contributed by atoms with E-state index in [0.717, 1.165) is 5.56 Å². The van der Waals surface area contributed by atoms with Crippen LogP contribution in [0.15, 0.2) is 71.9 Å². The van der Waals surface area contributed by atoms with E-state index >= 15 is 0 Å². The molecule has 1 aromatic heterocycles. The van der Waals surface area contributed by atoms with Crippen molar-refractivity contribution in [1.29, 1.82) is 0 Å². The SMILES string of the molecule is O=C(Nc1ccc(SC(F)F)cc1)c1cnc(-c2ccccc2)nc1. The molecule has 0 saturated heterocycles. The first kappa shape index (κ1) is 17.0. The molecule has 0 saturated carbocycles. The minimum Gasteiger partial charge on any atom is -0.322 e. The van der Waals surface area contributed by atoms with E-state index in [-0.39, 0.29) is 5.91 Å². The molecule has 0 radical (unpaired) electrons. The lowest BCUT2D eigenvalue weighted by atomic mass is 10.2. The largest absolute Gasteiger partial charge is 0.322 e. The summed E-state index contributed by atoms with van der Waals surface area (Å²) in [4.78, 5) is 21.0. The zero-order chi connectivity index (χ0) is 17.6. The number of hydrogen-bond donors (Lipinski definition) is 1. The quantitative estimate of drug-likeness (QED) is 0.672. The molecule has 126 valence electrons. The molecule has 1 heterocycles. The van der Waals surface area contributed by atoms with Gasteiger partial charge in [-0.15, -0.1) is 0 Å². The zero-order valence-corrected chi connectivity index (χ0v) is 13.7. The van der Waals surface area contributed by atoms with Gasteiger partial charge in [-0.05, 0) is 24.3 Å². The Hall–Kier alpha value is -2.80. The number of halogens is 2. The topological polar surface area (TPSA) is 54.9 Å². The van der Waals surface area contributed by atoms with E-state index in [4.69, 9.17) is 0 Å². The van der Waals surface area contributed by atoms with Crippen molar-refractivity contribution in [1.82, 2.24) is 9.97 Å². The highest BCUT2D eigenvalue weighted by molar-refractivity contribution is 7.99. The van der Waals surface area contributed by atoms with Crippen LogP contribution in [0.2, 0.25) is 0 Å². The highest BCUT2D eigenvalue weighted by Crippen LogP contribution is 2.26. The first-order valence-corrected chi connectivity index (χ1v) is 8.23. The summed E-state index contributed by atoms with van der Waals surface area (Å²) in [7, 11) is 0. The van der Waals surface area contributed by atoms with E-state index in [1.807, 2.05) is 30.3 Å². The molecule has 3 rings (SSSR count). The summed E-state index contributed by atoms with van der Waals surface area (Å²) in [6.07, 6.45) is 2.90. The van der Waals surface area contributed by atoms with Crippen molar-refractivity contribution in [2.75, 3.05) is 5.32 Å². The number of hydrogen-bond acceptors (Lipinski definition) is 4. The molecule has 0 atom stereocenters. The van der Waals surface area contributed by atoms with Crippen LogP contribution in [-0.2, 0) is 0 Å². The number of benzene rings is 2. The third-order valence-electron chi connectivity index (χ3n) is 3.28. The number of alkyl halides is 2. The first-order chi connectivity index (χ1) is 12.1. The van der Waals surface area contributed by atoms with E-state index in [9.17, 15) is 13.6 Å². The molecule has 0 spiro atoms. The molecule has 25 heavy (non-hydrogen) atoms. The fraction of sp³-hybridized carbons (Fsp3) is 0.0556. The first-order valence-electron chi connectivity index (χ1n) is 7.35. The fourth-order valence-electron chi connectivity index (χ4n) is 2.10. The monoisotopic (exact) mass is 357 g/mol. The number of carbonyl (C=O) groups excluding carboxylic acids is 1. The Labute approximate surface area is 147 Å². The predicted molar refractivity (Wildman–Crippen MR) is 93.7 cm³/mol. The molecule has 4 nitrogen and oxygen atoms in total. The minimum absolute atomic E-state index is 0.311. The predicted octanol–water partition coefficient (Wildman–Crippen LogP) is 4.71. The molecule has 0 unspecified atom stereocenters. The number of thioether (sulfide) groups is 1. The number of rotatable bonds is 5. The normalized spacial score (nSPS) is 10.7. The van der Waals surface area contributed by atoms with Gasteiger partial charge < -0.3 is 5.32 Å². The van der Waals surface area contributed by atoms with E-state index in [1.54, 1.807) is 12.1 Å².